The maximum absolute atomic E-state index is 12.4. The molecule has 8 nitrogen and oxygen atoms in total. The summed E-state index contributed by atoms with van der Waals surface area (Å²) < 4.78 is 1.37. The number of anilines is 1. The van der Waals surface area contributed by atoms with E-state index in [1.54, 1.807) is 38.4 Å². The minimum atomic E-state index is -0.620. The Morgan fingerprint density at radius 3 is 2.45 bits per heavy atom. The fourth-order valence-corrected chi connectivity index (χ4v) is 2.83. The number of nitrogens with one attached hydrogen (secondary N) is 1. The number of amides is 3. The Bertz CT molecular complexity index is 1060. The van der Waals surface area contributed by atoms with Gasteiger partial charge in [-0.1, -0.05) is 36.4 Å². The van der Waals surface area contributed by atoms with E-state index in [4.69, 9.17) is 5.73 Å². The van der Waals surface area contributed by atoms with E-state index in [0.717, 1.165) is 5.56 Å². The fraction of sp³-hybridized carbons (Fsp3) is 0.143. The molecule has 0 fully saturated rings. The maximum Gasteiger partial charge on any atom is 0.253 e. The molecule has 29 heavy (non-hydrogen) atoms. The van der Waals surface area contributed by atoms with Gasteiger partial charge in [0.2, 0.25) is 5.91 Å². The normalized spacial score (nSPS) is 10.4. The van der Waals surface area contributed by atoms with Crippen molar-refractivity contribution in [2.24, 2.45) is 5.73 Å². The topological polar surface area (TPSA) is 110 Å². The number of carbonyl (C=O) groups excluding carboxylic acids is 3. The van der Waals surface area contributed by atoms with Crippen LogP contribution in [-0.2, 0) is 11.3 Å². The second-order valence-corrected chi connectivity index (χ2v) is 6.65. The molecule has 0 radical (unpaired) electrons. The first-order chi connectivity index (χ1) is 13.8. The van der Waals surface area contributed by atoms with E-state index in [9.17, 15) is 14.4 Å². The van der Waals surface area contributed by atoms with Crippen molar-refractivity contribution < 1.29 is 14.4 Å². The minimum absolute atomic E-state index is 0.112. The van der Waals surface area contributed by atoms with Crippen LogP contribution in [-0.4, -0.2) is 46.5 Å². The van der Waals surface area contributed by atoms with Crippen LogP contribution in [0, 0.1) is 0 Å². The van der Waals surface area contributed by atoms with Crippen LogP contribution in [0.2, 0.25) is 0 Å². The SMILES string of the molecule is CN(C)C(=O)c1cccc(NC(=O)Cn2cc(C(N)=O)c(-c3ccccc3)n2)c1. The summed E-state index contributed by atoms with van der Waals surface area (Å²) in [6, 6.07) is 15.8. The number of aromatic nitrogens is 2. The van der Waals surface area contributed by atoms with Crippen LogP contribution in [0.3, 0.4) is 0 Å². The third kappa shape index (κ3) is 4.67. The van der Waals surface area contributed by atoms with Crippen LogP contribution in [0.4, 0.5) is 5.69 Å². The molecule has 3 rings (SSSR count). The quantitative estimate of drug-likeness (QED) is 0.669. The van der Waals surface area contributed by atoms with Gasteiger partial charge in [0.15, 0.2) is 0 Å². The lowest BCUT2D eigenvalue weighted by molar-refractivity contribution is -0.116. The van der Waals surface area contributed by atoms with Gasteiger partial charge in [0.1, 0.15) is 12.2 Å². The van der Waals surface area contributed by atoms with E-state index < -0.39 is 5.91 Å². The Morgan fingerprint density at radius 2 is 1.79 bits per heavy atom. The molecule has 1 aromatic heterocycles. The summed E-state index contributed by atoms with van der Waals surface area (Å²) in [5.74, 6) is -1.13. The number of benzene rings is 2. The van der Waals surface area contributed by atoms with Gasteiger partial charge in [-0.2, -0.15) is 5.10 Å². The highest BCUT2D eigenvalue weighted by Crippen LogP contribution is 2.21. The summed E-state index contributed by atoms with van der Waals surface area (Å²) in [7, 11) is 3.32. The largest absolute Gasteiger partial charge is 0.365 e. The summed E-state index contributed by atoms with van der Waals surface area (Å²) in [4.78, 5) is 37.7. The predicted molar refractivity (Wildman–Crippen MR) is 109 cm³/mol. The van der Waals surface area contributed by atoms with Crippen molar-refractivity contribution in [2.45, 2.75) is 6.54 Å². The van der Waals surface area contributed by atoms with Crippen LogP contribution in [0.25, 0.3) is 11.3 Å². The highest BCUT2D eigenvalue weighted by molar-refractivity contribution is 5.99. The number of hydrogen-bond donors (Lipinski definition) is 2. The molecular weight excluding hydrogens is 370 g/mol. The fourth-order valence-electron chi connectivity index (χ4n) is 2.83. The molecule has 0 aliphatic heterocycles. The van der Waals surface area contributed by atoms with Crippen molar-refractivity contribution >= 4 is 23.4 Å². The average Bonchev–Trinajstić information content (AvgIpc) is 3.12. The maximum atomic E-state index is 12.4. The van der Waals surface area contributed by atoms with E-state index >= 15 is 0 Å². The van der Waals surface area contributed by atoms with Crippen molar-refractivity contribution in [3.63, 3.8) is 0 Å². The first-order valence-corrected chi connectivity index (χ1v) is 8.89. The van der Waals surface area contributed by atoms with Gasteiger partial charge in [-0.25, -0.2) is 0 Å². The summed E-state index contributed by atoms with van der Waals surface area (Å²) in [6.07, 6.45) is 1.45. The zero-order chi connectivity index (χ0) is 21.0. The van der Waals surface area contributed by atoms with Crippen LogP contribution < -0.4 is 11.1 Å². The Kier molecular flexibility index (Phi) is 5.73. The van der Waals surface area contributed by atoms with E-state index in [-0.39, 0.29) is 23.9 Å². The molecular formula is C21H21N5O3. The van der Waals surface area contributed by atoms with Crippen molar-refractivity contribution in [3.05, 3.63) is 71.9 Å². The highest BCUT2D eigenvalue weighted by atomic mass is 16.2. The number of rotatable bonds is 6. The van der Waals surface area contributed by atoms with Gasteiger partial charge in [0.25, 0.3) is 11.8 Å². The zero-order valence-corrected chi connectivity index (χ0v) is 16.1. The lowest BCUT2D eigenvalue weighted by Crippen LogP contribution is -2.22. The minimum Gasteiger partial charge on any atom is -0.365 e. The molecule has 2 aromatic carbocycles. The molecule has 0 bridgehead atoms. The molecule has 3 aromatic rings. The molecule has 0 spiro atoms. The third-order valence-electron chi connectivity index (χ3n) is 4.18. The smallest absolute Gasteiger partial charge is 0.253 e. The highest BCUT2D eigenvalue weighted by Gasteiger charge is 2.17. The lowest BCUT2D eigenvalue weighted by Gasteiger charge is -2.11. The number of hydrogen-bond acceptors (Lipinski definition) is 4. The average molecular weight is 391 g/mol. The van der Waals surface area contributed by atoms with E-state index in [1.807, 2.05) is 30.3 Å². The van der Waals surface area contributed by atoms with E-state index in [2.05, 4.69) is 10.4 Å². The van der Waals surface area contributed by atoms with Crippen molar-refractivity contribution in [2.75, 3.05) is 19.4 Å². The van der Waals surface area contributed by atoms with Crippen LogP contribution >= 0.6 is 0 Å². The number of nitrogens with zero attached hydrogens (tertiary/aromatic N) is 3. The van der Waals surface area contributed by atoms with Gasteiger partial charge in [-0.05, 0) is 18.2 Å². The van der Waals surface area contributed by atoms with Gasteiger partial charge < -0.3 is 16.0 Å². The van der Waals surface area contributed by atoms with Crippen LogP contribution in [0.1, 0.15) is 20.7 Å². The second kappa shape index (κ2) is 8.39. The third-order valence-corrected chi connectivity index (χ3v) is 4.18. The Labute approximate surface area is 167 Å². The molecule has 0 saturated heterocycles. The Morgan fingerprint density at radius 1 is 1.07 bits per heavy atom. The molecule has 0 aliphatic carbocycles. The molecule has 0 atom stereocenters. The first kappa shape index (κ1) is 19.8. The zero-order valence-electron chi connectivity index (χ0n) is 16.1. The van der Waals surface area contributed by atoms with Crippen molar-refractivity contribution in [3.8, 4) is 11.3 Å². The number of nitrogens with two attached hydrogens (primary N) is 1. The monoisotopic (exact) mass is 391 g/mol. The van der Waals surface area contributed by atoms with Gasteiger partial charge in [0.05, 0.1) is 5.56 Å². The molecule has 3 amide bonds. The Balaban J connectivity index is 1.77. The Hall–Kier alpha value is -3.94. The summed E-state index contributed by atoms with van der Waals surface area (Å²) >= 11 is 0. The van der Waals surface area contributed by atoms with Gasteiger partial charge in [-0.15, -0.1) is 0 Å². The van der Waals surface area contributed by atoms with Crippen LogP contribution in [0.15, 0.2) is 60.8 Å². The number of primary amides is 1. The number of carbonyl (C=O) groups is 3. The van der Waals surface area contributed by atoms with E-state index in [0.29, 0.717) is 16.9 Å². The van der Waals surface area contributed by atoms with Gasteiger partial charge >= 0.3 is 0 Å². The van der Waals surface area contributed by atoms with Crippen LogP contribution in [0.5, 0.6) is 0 Å². The van der Waals surface area contributed by atoms with Crippen molar-refractivity contribution in [1.82, 2.24) is 14.7 Å². The molecule has 3 N–H and O–H groups in total. The summed E-state index contributed by atoms with van der Waals surface area (Å²) in [5.41, 5.74) is 7.81. The predicted octanol–water partition coefficient (Wildman–Crippen LogP) is 1.99. The van der Waals surface area contributed by atoms with Gasteiger partial charge in [-0.3, -0.25) is 19.1 Å². The summed E-state index contributed by atoms with van der Waals surface area (Å²) in [6.45, 7) is -0.112. The lowest BCUT2D eigenvalue weighted by atomic mass is 10.1. The molecule has 148 valence electrons. The standard InChI is InChI=1S/C21H21N5O3/c1-25(2)21(29)15-9-6-10-16(11-15)23-18(27)13-26-12-17(20(22)28)19(24-26)14-7-4-3-5-8-14/h3-12H,13H2,1-2H3,(H2,22,28)(H,23,27). The van der Waals surface area contributed by atoms with Gasteiger partial charge in [0, 0.05) is 37.1 Å². The second-order valence-electron chi connectivity index (χ2n) is 6.65. The first-order valence-electron chi connectivity index (χ1n) is 8.89. The van der Waals surface area contributed by atoms with E-state index in [1.165, 1.54) is 15.8 Å². The molecule has 0 saturated carbocycles. The molecule has 0 unspecified atom stereocenters. The molecule has 1 heterocycles. The molecule has 8 heteroatoms. The summed E-state index contributed by atoms with van der Waals surface area (Å²) in [5, 5.41) is 7.08. The van der Waals surface area contributed by atoms with Crippen molar-refractivity contribution in [1.29, 1.82) is 0 Å². The molecule has 0 aliphatic rings.